The molecule has 2 rings (SSSR count). The number of hydrogen-bond donors (Lipinski definition) is 2. The van der Waals surface area contributed by atoms with E-state index < -0.39 is 0 Å². The van der Waals surface area contributed by atoms with Crippen LogP contribution in [0.25, 0.3) is 0 Å². The molecule has 1 saturated heterocycles. The van der Waals surface area contributed by atoms with Crippen molar-refractivity contribution in [1.82, 2.24) is 25.3 Å². The minimum Gasteiger partial charge on any atom is -0.357 e. The Hall–Kier alpha value is -0.830. The standard InChI is InChI=1S/C21H40N6.HI/c1-8-22-21(23-13-19-10-9-11-27(14-19)15(2)3)24-16(4)12-20-17(5)25-26(7)18(20)6;/h15-16,19H,8-14H2,1-7H3,(H2,22,23,24);1H. The van der Waals surface area contributed by atoms with Crippen LogP contribution in [0.2, 0.25) is 0 Å². The van der Waals surface area contributed by atoms with E-state index >= 15 is 0 Å². The highest BCUT2D eigenvalue weighted by atomic mass is 127. The summed E-state index contributed by atoms with van der Waals surface area (Å²) < 4.78 is 1.97. The molecule has 28 heavy (non-hydrogen) atoms. The van der Waals surface area contributed by atoms with Crippen molar-refractivity contribution in [2.45, 2.75) is 72.9 Å². The van der Waals surface area contributed by atoms with E-state index in [1.54, 1.807) is 0 Å². The zero-order valence-corrected chi connectivity index (χ0v) is 21.2. The number of aliphatic imine (C=N–C) groups is 1. The maximum absolute atomic E-state index is 4.91. The predicted molar refractivity (Wildman–Crippen MR) is 130 cm³/mol. The first-order valence-electron chi connectivity index (χ1n) is 10.6. The molecule has 7 heteroatoms. The molecule has 1 aliphatic rings. The van der Waals surface area contributed by atoms with Crippen molar-refractivity contribution < 1.29 is 0 Å². The lowest BCUT2D eigenvalue weighted by Crippen LogP contribution is -2.44. The number of rotatable bonds is 7. The number of aromatic nitrogens is 2. The van der Waals surface area contributed by atoms with Gasteiger partial charge in [-0.1, -0.05) is 0 Å². The summed E-state index contributed by atoms with van der Waals surface area (Å²) in [6.07, 6.45) is 3.54. The molecule has 0 aromatic carbocycles. The Bertz CT molecular complexity index is 625. The third-order valence-electron chi connectivity index (χ3n) is 5.68. The molecule has 2 heterocycles. The number of aryl methyl sites for hydroxylation is 2. The van der Waals surface area contributed by atoms with Gasteiger partial charge in [0.2, 0.25) is 0 Å². The zero-order valence-electron chi connectivity index (χ0n) is 18.9. The first-order chi connectivity index (χ1) is 12.8. The fourth-order valence-electron chi connectivity index (χ4n) is 3.96. The average molecular weight is 505 g/mol. The smallest absolute Gasteiger partial charge is 0.191 e. The highest BCUT2D eigenvalue weighted by Crippen LogP contribution is 2.18. The Morgan fingerprint density at radius 3 is 2.57 bits per heavy atom. The molecule has 1 aliphatic heterocycles. The fourth-order valence-corrected chi connectivity index (χ4v) is 3.96. The molecule has 0 aliphatic carbocycles. The average Bonchev–Trinajstić information content (AvgIpc) is 2.86. The molecular weight excluding hydrogens is 463 g/mol. The van der Waals surface area contributed by atoms with Gasteiger partial charge in [-0.3, -0.25) is 9.67 Å². The van der Waals surface area contributed by atoms with Gasteiger partial charge in [0.25, 0.3) is 0 Å². The minimum atomic E-state index is 0. The summed E-state index contributed by atoms with van der Waals surface area (Å²) in [5, 5.41) is 11.5. The second-order valence-corrected chi connectivity index (χ2v) is 8.34. The number of nitrogens with zero attached hydrogens (tertiary/aromatic N) is 4. The molecule has 0 bridgehead atoms. The van der Waals surface area contributed by atoms with Crippen molar-refractivity contribution >= 4 is 29.9 Å². The van der Waals surface area contributed by atoms with Gasteiger partial charge in [-0.15, -0.1) is 24.0 Å². The normalized spacial score (nSPS) is 19.4. The Balaban J connectivity index is 0.00000392. The second kappa shape index (κ2) is 12.0. The maximum atomic E-state index is 4.91. The number of halogens is 1. The number of piperidine rings is 1. The fraction of sp³-hybridized carbons (Fsp3) is 0.810. The van der Waals surface area contributed by atoms with Gasteiger partial charge >= 0.3 is 0 Å². The van der Waals surface area contributed by atoms with Crippen LogP contribution in [-0.2, 0) is 13.5 Å². The van der Waals surface area contributed by atoms with Crippen molar-refractivity contribution in [2.24, 2.45) is 18.0 Å². The van der Waals surface area contributed by atoms with Crippen LogP contribution < -0.4 is 10.6 Å². The Morgan fingerprint density at radius 1 is 1.29 bits per heavy atom. The highest BCUT2D eigenvalue weighted by molar-refractivity contribution is 14.0. The molecule has 0 amide bonds. The number of likely N-dealkylation sites (tertiary alicyclic amines) is 1. The first kappa shape index (κ1) is 25.2. The SMILES string of the molecule is CCNC(=NCC1CCCN(C(C)C)C1)NC(C)Cc1c(C)nn(C)c1C.I. The van der Waals surface area contributed by atoms with Crippen LogP contribution in [0.5, 0.6) is 0 Å². The number of guanidine groups is 1. The van der Waals surface area contributed by atoms with E-state index in [-0.39, 0.29) is 24.0 Å². The molecule has 6 nitrogen and oxygen atoms in total. The second-order valence-electron chi connectivity index (χ2n) is 8.34. The van der Waals surface area contributed by atoms with Crippen molar-refractivity contribution in [3.8, 4) is 0 Å². The molecular formula is C21H41IN6. The van der Waals surface area contributed by atoms with E-state index in [1.807, 2.05) is 11.7 Å². The van der Waals surface area contributed by atoms with Crippen molar-refractivity contribution in [2.75, 3.05) is 26.2 Å². The van der Waals surface area contributed by atoms with Gasteiger partial charge in [0.1, 0.15) is 0 Å². The van der Waals surface area contributed by atoms with Gasteiger partial charge in [-0.2, -0.15) is 5.10 Å². The van der Waals surface area contributed by atoms with Crippen LogP contribution in [-0.4, -0.2) is 58.9 Å². The van der Waals surface area contributed by atoms with E-state index in [0.717, 1.165) is 31.2 Å². The Morgan fingerprint density at radius 2 is 2.00 bits per heavy atom. The summed E-state index contributed by atoms with van der Waals surface area (Å²) in [7, 11) is 2.01. The largest absolute Gasteiger partial charge is 0.357 e. The van der Waals surface area contributed by atoms with Gasteiger partial charge in [-0.25, -0.2) is 0 Å². The van der Waals surface area contributed by atoms with E-state index in [9.17, 15) is 0 Å². The third-order valence-corrected chi connectivity index (χ3v) is 5.68. The quantitative estimate of drug-likeness (QED) is 0.340. The van der Waals surface area contributed by atoms with Crippen LogP contribution >= 0.6 is 24.0 Å². The molecule has 0 radical (unpaired) electrons. The summed E-state index contributed by atoms with van der Waals surface area (Å²) in [4.78, 5) is 7.49. The van der Waals surface area contributed by atoms with Crippen LogP contribution in [0.1, 0.15) is 57.5 Å². The van der Waals surface area contributed by atoms with Crippen molar-refractivity contribution in [3.05, 3.63) is 17.0 Å². The first-order valence-corrected chi connectivity index (χ1v) is 10.6. The molecule has 2 unspecified atom stereocenters. The van der Waals surface area contributed by atoms with E-state index in [4.69, 9.17) is 4.99 Å². The van der Waals surface area contributed by atoms with Gasteiger partial charge in [0.05, 0.1) is 5.69 Å². The van der Waals surface area contributed by atoms with Crippen LogP contribution in [0.15, 0.2) is 4.99 Å². The molecule has 2 atom stereocenters. The number of nitrogens with one attached hydrogen (secondary N) is 2. The molecule has 2 N–H and O–H groups in total. The van der Waals surface area contributed by atoms with Crippen LogP contribution in [0.4, 0.5) is 0 Å². The summed E-state index contributed by atoms with van der Waals surface area (Å²) >= 11 is 0. The van der Waals surface area contributed by atoms with Crippen molar-refractivity contribution in [1.29, 1.82) is 0 Å². The van der Waals surface area contributed by atoms with E-state index in [2.05, 4.69) is 62.2 Å². The van der Waals surface area contributed by atoms with Crippen molar-refractivity contribution in [3.63, 3.8) is 0 Å². The summed E-state index contributed by atoms with van der Waals surface area (Å²) in [5.74, 6) is 1.60. The molecule has 1 fully saturated rings. The lowest BCUT2D eigenvalue weighted by molar-refractivity contribution is 0.143. The van der Waals surface area contributed by atoms with Gasteiger partial charge in [0, 0.05) is 44.5 Å². The Labute approximate surface area is 189 Å². The van der Waals surface area contributed by atoms with Crippen LogP contribution in [0.3, 0.4) is 0 Å². The lowest BCUT2D eigenvalue weighted by atomic mass is 9.97. The van der Waals surface area contributed by atoms with Gasteiger partial charge in [-0.05, 0) is 78.8 Å². The lowest BCUT2D eigenvalue weighted by Gasteiger charge is -2.35. The monoisotopic (exact) mass is 504 g/mol. The molecule has 1 aromatic rings. The van der Waals surface area contributed by atoms with Crippen LogP contribution in [0, 0.1) is 19.8 Å². The van der Waals surface area contributed by atoms with Gasteiger partial charge in [0.15, 0.2) is 5.96 Å². The van der Waals surface area contributed by atoms with E-state index in [0.29, 0.717) is 18.0 Å². The van der Waals surface area contributed by atoms with Gasteiger partial charge < -0.3 is 15.5 Å². The third kappa shape index (κ3) is 7.21. The minimum absolute atomic E-state index is 0. The van der Waals surface area contributed by atoms with E-state index in [1.165, 1.54) is 37.2 Å². The summed E-state index contributed by atoms with van der Waals surface area (Å²) in [6.45, 7) is 17.4. The Kier molecular flexibility index (Phi) is 10.8. The predicted octanol–water partition coefficient (Wildman–Crippen LogP) is 3.26. The maximum Gasteiger partial charge on any atom is 0.191 e. The molecule has 0 saturated carbocycles. The molecule has 162 valence electrons. The topological polar surface area (TPSA) is 57.5 Å². The molecule has 0 spiro atoms. The summed E-state index contributed by atoms with van der Waals surface area (Å²) in [5.41, 5.74) is 3.72. The summed E-state index contributed by atoms with van der Waals surface area (Å²) in [6, 6.07) is 0.942. The zero-order chi connectivity index (χ0) is 20.0. The highest BCUT2D eigenvalue weighted by Gasteiger charge is 2.21. The molecule has 1 aromatic heterocycles. The number of hydrogen-bond acceptors (Lipinski definition) is 3.